The molecule has 0 spiro atoms. The number of anilines is 1. The Balaban J connectivity index is 1.34. The van der Waals surface area contributed by atoms with E-state index in [4.69, 9.17) is 21.1 Å². The average molecular weight is 578 g/mol. The van der Waals surface area contributed by atoms with E-state index < -0.39 is 21.9 Å². The van der Waals surface area contributed by atoms with Crippen molar-refractivity contribution in [1.82, 2.24) is 5.43 Å². The molecule has 11 heteroatoms. The van der Waals surface area contributed by atoms with Gasteiger partial charge in [0.25, 0.3) is 15.9 Å². The molecule has 0 saturated carbocycles. The van der Waals surface area contributed by atoms with Crippen LogP contribution in [0.15, 0.2) is 107 Å². The van der Waals surface area contributed by atoms with Crippen molar-refractivity contribution < 1.29 is 27.5 Å². The van der Waals surface area contributed by atoms with Crippen molar-refractivity contribution in [2.45, 2.75) is 11.5 Å². The summed E-state index contributed by atoms with van der Waals surface area (Å²) in [6.45, 7) is 0.257. The minimum atomic E-state index is -3.80. The summed E-state index contributed by atoms with van der Waals surface area (Å²) in [7, 11) is -2.48. The second-order valence-electron chi connectivity index (χ2n) is 8.35. The Morgan fingerprint density at radius 2 is 1.52 bits per heavy atom. The topological polar surface area (TPSA) is 123 Å². The summed E-state index contributed by atoms with van der Waals surface area (Å²) in [6, 6.07) is 25.7. The molecule has 9 nitrogen and oxygen atoms in total. The van der Waals surface area contributed by atoms with Crippen molar-refractivity contribution in [3.63, 3.8) is 0 Å². The summed E-state index contributed by atoms with van der Waals surface area (Å²) in [5, 5.41) is 4.45. The highest BCUT2D eigenvalue weighted by atomic mass is 35.5. The number of nitrogens with one attached hydrogen (secondary N) is 2. The van der Waals surface area contributed by atoms with E-state index in [0.717, 1.165) is 5.56 Å². The molecule has 0 bridgehead atoms. The number of carbonyl (C=O) groups is 2. The first-order valence-electron chi connectivity index (χ1n) is 11.9. The van der Waals surface area contributed by atoms with E-state index in [1.807, 2.05) is 12.1 Å². The lowest BCUT2D eigenvalue weighted by molar-refractivity contribution is 0.0600. The van der Waals surface area contributed by atoms with Crippen molar-refractivity contribution in [1.29, 1.82) is 0 Å². The van der Waals surface area contributed by atoms with Crippen LogP contribution in [0.5, 0.6) is 5.75 Å². The SMILES string of the molecule is COC(=O)c1ccc(COc2ccccc2/C=N/NC(=O)c2ccc(NS(=O)(=O)c3ccc(Cl)cc3)cc2)cc1. The van der Waals surface area contributed by atoms with Crippen LogP contribution in [0.4, 0.5) is 5.69 Å². The zero-order valence-corrected chi connectivity index (χ0v) is 22.8. The van der Waals surface area contributed by atoms with Gasteiger partial charge in [0.2, 0.25) is 0 Å². The maximum Gasteiger partial charge on any atom is 0.337 e. The number of sulfonamides is 1. The molecular weight excluding hydrogens is 554 g/mol. The summed E-state index contributed by atoms with van der Waals surface area (Å²) in [5.74, 6) is -0.340. The zero-order chi connectivity index (χ0) is 28.5. The molecule has 4 aromatic carbocycles. The van der Waals surface area contributed by atoms with Crippen LogP contribution in [0.1, 0.15) is 31.8 Å². The molecule has 0 heterocycles. The highest BCUT2D eigenvalue weighted by molar-refractivity contribution is 7.92. The van der Waals surface area contributed by atoms with Gasteiger partial charge >= 0.3 is 5.97 Å². The molecule has 0 saturated heterocycles. The molecule has 4 rings (SSSR count). The summed E-state index contributed by atoms with van der Waals surface area (Å²) in [6.07, 6.45) is 1.46. The van der Waals surface area contributed by atoms with Crippen LogP contribution < -0.4 is 14.9 Å². The summed E-state index contributed by atoms with van der Waals surface area (Å²) >= 11 is 5.82. The second-order valence-corrected chi connectivity index (χ2v) is 10.5. The van der Waals surface area contributed by atoms with Crippen LogP contribution in [0.2, 0.25) is 5.02 Å². The molecule has 0 atom stereocenters. The highest BCUT2D eigenvalue weighted by Crippen LogP contribution is 2.20. The van der Waals surface area contributed by atoms with Crippen LogP contribution in [0, 0.1) is 0 Å². The third-order valence-electron chi connectivity index (χ3n) is 5.58. The summed E-state index contributed by atoms with van der Waals surface area (Å²) in [4.78, 5) is 24.2. The van der Waals surface area contributed by atoms with Gasteiger partial charge in [-0.05, 0) is 78.4 Å². The number of esters is 1. The number of rotatable bonds is 10. The molecule has 40 heavy (non-hydrogen) atoms. The largest absolute Gasteiger partial charge is 0.488 e. The molecular formula is C29H24ClN3O6S. The molecule has 0 aliphatic heterocycles. The fourth-order valence-corrected chi connectivity index (χ4v) is 4.66. The first-order valence-corrected chi connectivity index (χ1v) is 13.7. The number of amides is 1. The lowest BCUT2D eigenvalue weighted by Crippen LogP contribution is -2.18. The van der Waals surface area contributed by atoms with Gasteiger partial charge in [-0.25, -0.2) is 18.6 Å². The Bertz CT molecular complexity index is 1620. The maximum atomic E-state index is 12.5. The number of para-hydroxylation sites is 1. The molecule has 204 valence electrons. The number of carbonyl (C=O) groups excluding carboxylic acids is 2. The average Bonchev–Trinajstić information content (AvgIpc) is 2.97. The molecule has 1 amide bonds. The predicted molar refractivity (Wildman–Crippen MR) is 152 cm³/mol. The fraction of sp³-hybridized carbons (Fsp3) is 0.0690. The van der Waals surface area contributed by atoms with Gasteiger partial charge in [0.05, 0.1) is 23.8 Å². The van der Waals surface area contributed by atoms with Crippen molar-refractivity contribution >= 4 is 45.4 Å². The minimum absolute atomic E-state index is 0.0637. The van der Waals surface area contributed by atoms with Gasteiger partial charge in [0, 0.05) is 21.8 Å². The van der Waals surface area contributed by atoms with Gasteiger partial charge in [0.15, 0.2) is 0 Å². The Hall–Kier alpha value is -4.67. The number of halogens is 1. The Labute approximate surface area is 236 Å². The zero-order valence-electron chi connectivity index (χ0n) is 21.2. The molecule has 0 radical (unpaired) electrons. The third kappa shape index (κ3) is 7.46. The molecule has 0 aliphatic carbocycles. The second kappa shape index (κ2) is 12.9. The third-order valence-corrected chi connectivity index (χ3v) is 7.23. The monoisotopic (exact) mass is 577 g/mol. The van der Waals surface area contributed by atoms with Crippen LogP contribution in [0.3, 0.4) is 0 Å². The van der Waals surface area contributed by atoms with Gasteiger partial charge in [-0.1, -0.05) is 35.9 Å². The number of hydrogen-bond acceptors (Lipinski definition) is 7. The quantitative estimate of drug-likeness (QED) is 0.150. The smallest absolute Gasteiger partial charge is 0.337 e. The minimum Gasteiger partial charge on any atom is -0.488 e. The van der Waals surface area contributed by atoms with E-state index in [-0.39, 0.29) is 17.1 Å². The first-order chi connectivity index (χ1) is 19.2. The van der Waals surface area contributed by atoms with E-state index in [1.165, 1.54) is 61.9 Å². The van der Waals surface area contributed by atoms with Crippen molar-refractivity contribution in [2.75, 3.05) is 11.8 Å². The molecule has 2 N–H and O–H groups in total. The van der Waals surface area contributed by atoms with Gasteiger partial charge in [-0.2, -0.15) is 5.10 Å². The van der Waals surface area contributed by atoms with E-state index in [9.17, 15) is 18.0 Å². The number of ether oxygens (including phenoxy) is 2. The first kappa shape index (κ1) is 28.3. The summed E-state index contributed by atoms with van der Waals surface area (Å²) in [5.41, 5.74) is 4.97. The van der Waals surface area contributed by atoms with Gasteiger partial charge in [-0.15, -0.1) is 0 Å². The Kier molecular flexibility index (Phi) is 9.15. The Morgan fingerprint density at radius 3 is 2.20 bits per heavy atom. The van der Waals surface area contributed by atoms with Crippen molar-refractivity contribution in [3.8, 4) is 5.75 Å². The normalized spacial score (nSPS) is 11.2. The van der Waals surface area contributed by atoms with E-state index >= 15 is 0 Å². The number of hydrazone groups is 1. The van der Waals surface area contributed by atoms with Crippen LogP contribution in [0.25, 0.3) is 0 Å². The van der Waals surface area contributed by atoms with Crippen LogP contribution >= 0.6 is 11.6 Å². The lowest BCUT2D eigenvalue weighted by Gasteiger charge is -2.10. The lowest BCUT2D eigenvalue weighted by atomic mass is 10.1. The number of nitrogens with zero attached hydrogens (tertiary/aromatic N) is 1. The van der Waals surface area contributed by atoms with Gasteiger partial charge < -0.3 is 9.47 Å². The van der Waals surface area contributed by atoms with Crippen LogP contribution in [-0.4, -0.2) is 33.6 Å². The van der Waals surface area contributed by atoms with Crippen molar-refractivity contribution in [2.24, 2.45) is 5.10 Å². The number of methoxy groups -OCH3 is 1. The summed E-state index contributed by atoms with van der Waals surface area (Å²) < 4.78 is 38.1. The van der Waals surface area contributed by atoms with E-state index in [2.05, 4.69) is 15.2 Å². The Morgan fingerprint density at radius 1 is 0.875 bits per heavy atom. The van der Waals surface area contributed by atoms with E-state index in [0.29, 0.717) is 27.6 Å². The molecule has 0 unspecified atom stereocenters. The molecule has 0 aromatic heterocycles. The standard InChI is InChI=1S/C29H24ClN3O6S/c1-38-29(35)22-8-6-20(7-9-22)19-39-27-5-3-2-4-23(27)18-31-32-28(34)21-10-14-25(15-11-21)33-40(36,37)26-16-12-24(30)13-17-26/h2-18,33H,19H2,1H3,(H,32,34)/b31-18+. The fourth-order valence-electron chi connectivity index (χ4n) is 3.48. The maximum absolute atomic E-state index is 12.5. The molecule has 4 aromatic rings. The molecule has 0 aliphatic rings. The van der Waals surface area contributed by atoms with E-state index in [1.54, 1.807) is 36.4 Å². The van der Waals surface area contributed by atoms with Gasteiger partial charge in [0.1, 0.15) is 12.4 Å². The van der Waals surface area contributed by atoms with Gasteiger partial charge in [-0.3, -0.25) is 9.52 Å². The number of benzene rings is 4. The number of hydrogen-bond donors (Lipinski definition) is 2. The van der Waals surface area contributed by atoms with Crippen LogP contribution in [-0.2, 0) is 21.4 Å². The van der Waals surface area contributed by atoms with Crippen molar-refractivity contribution in [3.05, 3.63) is 124 Å². The molecule has 0 fully saturated rings. The highest BCUT2D eigenvalue weighted by Gasteiger charge is 2.14. The predicted octanol–water partition coefficient (Wildman–Crippen LogP) is 5.27.